The molecule has 0 fully saturated rings. The summed E-state index contributed by atoms with van der Waals surface area (Å²) < 4.78 is 42.0. The fourth-order valence-corrected chi connectivity index (χ4v) is 3.58. The Hall–Kier alpha value is -2.78. The van der Waals surface area contributed by atoms with Crippen LogP contribution in [0.25, 0.3) is 0 Å². The van der Waals surface area contributed by atoms with Gasteiger partial charge < -0.3 is 19.1 Å². The number of likely N-dealkylation sites (N-methyl/N-ethyl adjacent to an activating group) is 1. The molecule has 8 nitrogen and oxygen atoms in total. The molecule has 0 aliphatic rings. The zero-order valence-corrected chi connectivity index (χ0v) is 18.0. The highest BCUT2D eigenvalue weighted by Crippen LogP contribution is 2.27. The van der Waals surface area contributed by atoms with Crippen LogP contribution in [0.1, 0.15) is 10.4 Å². The predicted molar refractivity (Wildman–Crippen MR) is 109 cm³/mol. The first-order valence-electron chi connectivity index (χ1n) is 8.83. The molecule has 0 heterocycles. The number of carbonyl (C=O) groups excluding carboxylic acids is 1. The molecule has 2 aromatic carbocycles. The van der Waals surface area contributed by atoms with Crippen molar-refractivity contribution < 1.29 is 27.4 Å². The number of sulfonamides is 1. The smallest absolute Gasteiger partial charge is 0.253 e. The Labute approximate surface area is 171 Å². The third kappa shape index (κ3) is 5.39. The van der Waals surface area contributed by atoms with Gasteiger partial charge >= 0.3 is 0 Å². The largest absolute Gasteiger partial charge is 0.497 e. The Morgan fingerprint density at radius 2 is 1.55 bits per heavy atom. The van der Waals surface area contributed by atoms with Gasteiger partial charge in [0, 0.05) is 26.7 Å². The number of amides is 1. The van der Waals surface area contributed by atoms with Gasteiger partial charge in [-0.3, -0.25) is 4.79 Å². The van der Waals surface area contributed by atoms with Crippen LogP contribution in [0.3, 0.4) is 0 Å². The van der Waals surface area contributed by atoms with Crippen LogP contribution in [-0.2, 0) is 10.0 Å². The van der Waals surface area contributed by atoms with Crippen LogP contribution in [0.4, 0.5) is 0 Å². The highest BCUT2D eigenvalue weighted by atomic mass is 32.2. The van der Waals surface area contributed by atoms with Gasteiger partial charge in [0.1, 0.15) is 28.8 Å². The Kier molecular flexibility index (Phi) is 7.46. The van der Waals surface area contributed by atoms with E-state index >= 15 is 0 Å². The van der Waals surface area contributed by atoms with Crippen molar-refractivity contribution in [3.63, 3.8) is 0 Å². The van der Waals surface area contributed by atoms with Gasteiger partial charge in [0.2, 0.25) is 10.0 Å². The SMILES string of the molecule is COc1ccc(OCCN(C)C(=O)c2ccc(OC)c(S(=O)(=O)N(C)C)c2)cc1. The summed E-state index contributed by atoms with van der Waals surface area (Å²) in [6.07, 6.45) is 0. The lowest BCUT2D eigenvalue weighted by Crippen LogP contribution is -2.31. The van der Waals surface area contributed by atoms with E-state index in [4.69, 9.17) is 14.2 Å². The van der Waals surface area contributed by atoms with Gasteiger partial charge in [-0.05, 0) is 42.5 Å². The minimum absolute atomic E-state index is 0.0567. The lowest BCUT2D eigenvalue weighted by molar-refractivity contribution is 0.0773. The maximum absolute atomic E-state index is 12.7. The van der Waals surface area contributed by atoms with Crippen LogP contribution >= 0.6 is 0 Å². The summed E-state index contributed by atoms with van der Waals surface area (Å²) in [7, 11) is 3.69. The summed E-state index contributed by atoms with van der Waals surface area (Å²) in [6.45, 7) is 0.611. The van der Waals surface area contributed by atoms with E-state index in [1.807, 2.05) is 0 Å². The molecule has 0 N–H and O–H groups in total. The Morgan fingerprint density at radius 1 is 0.931 bits per heavy atom. The monoisotopic (exact) mass is 422 g/mol. The topological polar surface area (TPSA) is 85.4 Å². The normalized spacial score (nSPS) is 11.2. The number of hydrogen-bond acceptors (Lipinski definition) is 6. The van der Waals surface area contributed by atoms with E-state index in [9.17, 15) is 13.2 Å². The summed E-state index contributed by atoms with van der Waals surface area (Å²) in [5.74, 6) is 1.25. The van der Waals surface area contributed by atoms with E-state index in [0.717, 1.165) is 10.1 Å². The average Bonchev–Trinajstić information content (AvgIpc) is 2.72. The molecular weight excluding hydrogens is 396 g/mol. The van der Waals surface area contributed by atoms with Crippen molar-refractivity contribution in [2.75, 3.05) is 48.5 Å². The molecule has 158 valence electrons. The molecule has 0 aliphatic heterocycles. The molecule has 0 radical (unpaired) electrons. The quantitative estimate of drug-likeness (QED) is 0.615. The van der Waals surface area contributed by atoms with Crippen molar-refractivity contribution in [3.05, 3.63) is 48.0 Å². The standard InChI is InChI=1S/C20H26N2O6S/c1-21(2)29(24,25)19-14-15(6-11-18(19)27-5)20(23)22(3)12-13-28-17-9-7-16(26-4)8-10-17/h6-11,14H,12-13H2,1-5H3. The Morgan fingerprint density at radius 3 is 2.10 bits per heavy atom. The van der Waals surface area contributed by atoms with E-state index in [1.54, 1.807) is 38.4 Å². The third-order valence-corrected chi connectivity index (χ3v) is 6.11. The molecule has 0 saturated carbocycles. The summed E-state index contributed by atoms with van der Waals surface area (Å²) in [5.41, 5.74) is 0.248. The van der Waals surface area contributed by atoms with Crippen molar-refractivity contribution in [1.82, 2.24) is 9.21 Å². The molecule has 0 bridgehead atoms. The van der Waals surface area contributed by atoms with Crippen LogP contribution in [0.15, 0.2) is 47.4 Å². The molecule has 0 atom stereocenters. The second kappa shape index (κ2) is 9.62. The highest BCUT2D eigenvalue weighted by Gasteiger charge is 2.24. The number of hydrogen-bond donors (Lipinski definition) is 0. The zero-order chi connectivity index (χ0) is 21.6. The fourth-order valence-electron chi connectivity index (χ4n) is 2.50. The van der Waals surface area contributed by atoms with Crippen LogP contribution in [-0.4, -0.2) is 72.0 Å². The molecule has 29 heavy (non-hydrogen) atoms. The van der Waals surface area contributed by atoms with Crippen LogP contribution in [0.5, 0.6) is 17.2 Å². The summed E-state index contributed by atoms with van der Waals surface area (Å²) >= 11 is 0. The maximum atomic E-state index is 12.7. The molecule has 2 aromatic rings. The Bertz CT molecular complexity index is 942. The van der Waals surface area contributed by atoms with E-state index in [1.165, 1.54) is 44.3 Å². The lowest BCUT2D eigenvalue weighted by atomic mass is 10.2. The fraction of sp³-hybridized carbons (Fsp3) is 0.350. The van der Waals surface area contributed by atoms with Gasteiger partial charge in [-0.1, -0.05) is 0 Å². The van der Waals surface area contributed by atoms with Crippen LogP contribution in [0, 0.1) is 0 Å². The molecule has 0 spiro atoms. The van der Waals surface area contributed by atoms with Gasteiger partial charge in [0.05, 0.1) is 20.8 Å². The average molecular weight is 423 g/mol. The minimum atomic E-state index is -3.76. The molecule has 2 rings (SSSR count). The molecule has 0 unspecified atom stereocenters. The maximum Gasteiger partial charge on any atom is 0.253 e. The Balaban J connectivity index is 2.08. The first-order chi connectivity index (χ1) is 13.7. The van der Waals surface area contributed by atoms with Crippen LogP contribution in [0.2, 0.25) is 0 Å². The second-order valence-electron chi connectivity index (χ2n) is 6.40. The summed E-state index contributed by atoms with van der Waals surface area (Å²) in [4.78, 5) is 14.1. The summed E-state index contributed by atoms with van der Waals surface area (Å²) in [5, 5.41) is 0. The van der Waals surface area contributed by atoms with Crippen LogP contribution < -0.4 is 14.2 Å². The number of methoxy groups -OCH3 is 2. The van der Waals surface area contributed by atoms with E-state index in [0.29, 0.717) is 12.3 Å². The highest BCUT2D eigenvalue weighted by molar-refractivity contribution is 7.89. The van der Waals surface area contributed by atoms with Crippen molar-refractivity contribution in [2.24, 2.45) is 0 Å². The van der Waals surface area contributed by atoms with E-state index in [2.05, 4.69) is 0 Å². The first kappa shape index (κ1) is 22.5. The van der Waals surface area contributed by atoms with Gasteiger partial charge in [-0.2, -0.15) is 0 Å². The van der Waals surface area contributed by atoms with Gasteiger partial charge in [0.15, 0.2) is 0 Å². The molecule has 1 amide bonds. The van der Waals surface area contributed by atoms with Gasteiger partial charge in [0.25, 0.3) is 5.91 Å². The predicted octanol–water partition coefficient (Wildman–Crippen LogP) is 2.11. The molecule has 0 aliphatic carbocycles. The van der Waals surface area contributed by atoms with Crippen molar-refractivity contribution in [3.8, 4) is 17.2 Å². The van der Waals surface area contributed by atoms with Crippen molar-refractivity contribution in [1.29, 1.82) is 0 Å². The number of ether oxygens (including phenoxy) is 3. The lowest BCUT2D eigenvalue weighted by Gasteiger charge is -2.19. The summed E-state index contributed by atoms with van der Waals surface area (Å²) in [6, 6.07) is 11.5. The molecule has 9 heteroatoms. The number of rotatable bonds is 9. The molecule has 0 saturated heterocycles. The first-order valence-corrected chi connectivity index (χ1v) is 10.3. The molecular formula is C20H26N2O6S. The minimum Gasteiger partial charge on any atom is -0.497 e. The van der Waals surface area contributed by atoms with Crippen molar-refractivity contribution in [2.45, 2.75) is 4.90 Å². The number of benzene rings is 2. The van der Waals surface area contributed by atoms with E-state index in [-0.39, 0.29) is 28.7 Å². The number of carbonyl (C=O) groups is 1. The van der Waals surface area contributed by atoms with E-state index < -0.39 is 10.0 Å². The van der Waals surface area contributed by atoms with Crippen molar-refractivity contribution >= 4 is 15.9 Å². The number of nitrogens with zero attached hydrogens (tertiary/aromatic N) is 2. The van der Waals surface area contributed by atoms with Gasteiger partial charge in [-0.25, -0.2) is 12.7 Å². The molecule has 0 aromatic heterocycles. The van der Waals surface area contributed by atoms with Gasteiger partial charge in [-0.15, -0.1) is 0 Å². The zero-order valence-electron chi connectivity index (χ0n) is 17.2. The second-order valence-corrected chi connectivity index (χ2v) is 8.52. The third-order valence-electron chi connectivity index (χ3n) is 4.27.